The highest BCUT2D eigenvalue weighted by Gasteiger charge is 2.31. The monoisotopic (exact) mass is 305 g/mol. The van der Waals surface area contributed by atoms with Crippen molar-refractivity contribution in [1.29, 1.82) is 5.26 Å². The Balaban J connectivity index is 2.31. The fourth-order valence-corrected chi connectivity index (χ4v) is 2.42. The lowest BCUT2D eigenvalue weighted by atomic mass is 10.2. The van der Waals surface area contributed by atoms with E-state index in [1.165, 1.54) is 6.08 Å². The number of nitrogens with zero attached hydrogens (tertiary/aromatic N) is 3. The van der Waals surface area contributed by atoms with Gasteiger partial charge in [0, 0.05) is 30.6 Å². The van der Waals surface area contributed by atoms with Gasteiger partial charge < -0.3 is 4.90 Å². The Kier molecular flexibility index (Phi) is 4.11. The van der Waals surface area contributed by atoms with Crippen LogP contribution in [-0.2, 0) is 4.79 Å². The summed E-state index contributed by atoms with van der Waals surface area (Å²) in [4.78, 5) is 17.8. The molecule has 0 radical (unpaired) electrons. The number of carbonyl (C=O) groups is 1. The van der Waals surface area contributed by atoms with E-state index in [0.29, 0.717) is 30.3 Å². The van der Waals surface area contributed by atoms with Gasteiger partial charge in [0.2, 0.25) is 5.91 Å². The molecule has 0 bridgehead atoms. The van der Waals surface area contributed by atoms with Crippen molar-refractivity contribution in [1.82, 2.24) is 9.88 Å². The second-order valence-electron chi connectivity index (χ2n) is 4.10. The largest absolute Gasteiger partial charge is 0.309 e. The van der Waals surface area contributed by atoms with Crippen LogP contribution in [0, 0.1) is 17.2 Å². The maximum absolute atomic E-state index is 12.0. The fraction of sp³-hybridized carbons (Fsp3) is 0.308. The Hall–Kier alpha value is -1.67. The van der Waals surface area contributed by atoms with E-state index in [1.54, 1.807) is 23.2 Å². The molecule has 1 aromatic heterocycles. The maximum Gasteiger partial charge on any atom is 0.227 e. The number of rotatable bonds is 3. The summed E-state index contributed by atoms with van der Waals surface area (Å²) in [5, 5.41) is 9.66. The van der Waals surface area contributed by atoms with Crippen molar-refractivity contribution in [2.75, 3.05) is 11.9 Å². The van der Waals surface area contributed by atoms with Crippen LogP contribution in [0.3, 0.4) is 0 Å². The van der Waals surface area contributed by atoms with Crippen LogP contribution in [0.1, 0.15) is 12.1 Å². The number of allylic oxidation sites excluding steroid dienone is 1. The number of pyridine rings is 1. The Morgan fingerprint density at radius 3 is 3.06 bits per heavy atom. The van der Waals surface area contributed by atoms with Gasteiger partial charge >= 0.3 is 0 Å². The highest BCUT2D eigenvalue weighted by atomic mass is 79.9. The number of aromatic nitrogens is 1. The van der Waals surface area contributed by atoms with Crippen molar-refractivity contribution in [2.45, 2.75) is 6.42 Å². The molecule has 2 rings (SSSR count). The van der Waals surface area contributed by atoms with Gasteiger partial charge in [-0.3, -0.25) is 9.78 Å². The summed E-state index contributed by atoms with van der Waals surface area (Å²) in [5.74, 6) is 0.343. The van der Waals surface area contributed by atoms with Crippen molar-refractivity contribution in [3.8, 4) is 6.07 Å². The molecule has 1 aliphatic rings. The Morgan fingerprint density at radius 1 is 1.67 bits per heavy atom. The standard InChI is InChI=1S/C13H12BrN3O/c14-8-10-7-13(18)17(9-10)12(4-5-15)11-3-1-2-6-16-11/h1-4,6,10H,7-9H2. The third kappa shape index (κ3) is 2.59. The first-order valence-corrected chi connectivity index (χ1v) is 6.76. The van der Waals surface area contributed by atoms with Crippen LogP contribution in [0.15, 0.2) is 30.5 Å². The van der Waals surface area contributed by atoms with Gasteiger partial charge in [-0.25, -0.2) is 0 Å². The summed E-state index contributed by atoms with van der Waals surface area (Å²) in [6, 6.07) is 7.44. The lowest BCUT2D eigenvalue weighted by Gasteiger charge is -2.18. The van der Waals surface area contributed by atoms with Crippen LogP contribution >= 0.6 is 15.9 Å². The van der Waals surface area contributed by atoms with Crippen LogP contribution in [0.25, 0.3) is 5.70 Å². The zero-order chi connectivity index (χ0) is 13.0. The molecule has 1 aromatic rings. The Morgan fingerprint density at radius 2 is 2.50 bits per heavy atom. The van der Waals surface area contributed by atoms with E-state index in [2.05, 4.69) is 20.9 Å². The van der Waals surface area contributed by atoms with Gasteiger partial charge in [0.1, 0.15) is 0 Å². The summed E-state index contributed by atoms with van der Waals surface area (Å²) in [5.41, 5.74) is 1.24. The van der Waals surface area contributed by atoms with Crippen molar-refractivity contribution in [2.24, 2.45) is 5.92 Å². The fourth-order valence-electron chi connectivity index (χ4n) is 1.98. The summed E-state index contributed by atoms with van der Waals surface area (Å²) in [6.45, 7) is 0.633. The molecule has 1 atom stereocenters. The molecule has 1 aliphatic heterocycles. The number of carbonyl (C=O) groups excluding carboxylic acids is 1. The molecule has 1 amide bonds. The second-order valence-corrected chi connectivity index (χ2v) is 4.75. The van der Waals surface area contributed by atoms with Crippen molar-refractivity contribution in [3.63, 3.8) is 0 Å². The number of nitriles is 1. The van der Waals surface area contributed by atoms with E-state index in [4.69, 9.17) is 5.26 Å². The SMILES string of the molecule is N#CC=C(c1ccccn1)N1CC(CBr)CC1=O. The summed E-state index contributed by atoms with van der Waals surface area (Å²) in [6.07, 6.45) is 3.56. The van der Waals surface area contributed by atoms with Gasteiger partial charge in [-0.1, -0.05) is 22.0 Å². The number of amides is 1. The van der Waals surface area contributed by atoms with Gasteiger partial charge in [0.25, 0.3) is 0 Å². The third-order valence-electron chi connectivity index (χ3n) is 2.84. The highest BCUT2D eigenvalue weighted by Crippen LogP contribution is 2.27. The van der Waals surface area contributed by atoms with E-state index in [1.807, 2.05) is 12.1 Å². The molecule has 1 saturated heterocycles. The Bertz CT molecular complexity index is 507. The van der Waals surface area contributed by atoms with Crippen LogP contribution in [0.2, 0.25) is 0 Å². The minimum Gasteiger partial charge on any atom is -0.309 e. The zero-order valence-corrected chi connectivity index (χ0v) is 11.3. The molecule has 0 saturated carbocycles. The number of halogens is 1. The average Bonchev–Trinajstić information content (AvgIpc) is 2.78. The molecule has 0 N–H and O–H groups in total. The summed E-state index contributed by atoms with van der Waals surface area (Å²) < 4.78 is 0. The normalized spacial score (nSPS) is 20.0. The van der Waals surface area contributed by atoms with E-state index >= 15 is 0 Å². The van der Waals surface area contributed by atoms with Crippen molar-refractivity contribution >= 4 is 27.5 Å². The molecule has 1 unspecified atom stereocenters. The van der Waals surface area contributed by atoms with Crippen LogP contribution in [0.4, 0.5) is 0 Å². The molecule has 92 valence electrons. The molecule has 2 heterocycles. The summed E-state index contributed by atoms with van der Waals surface area (Å²) >= 11 is 3.40. The van der Waals surface area contributed by atoms with Gasteiger partial charge in [-0.05, 0) is 18.1 Å². The zero-order valence-electron chi connectivity index (χ0n) is 9.71. The van der Waals surface area contributed by atoms with Gasteiger partial charge in [0.05, 0.1) is 17.5 Å². The van der Waals surface area contributed by atoms with Crippen molar-refractivity contribution in [3.05, 3.63) is 36.2 Å². The lowest BCUT2D eigenvalue weighted by molar-refractivity contribution is -0.125. The van der Waals surface area contributed by atoms with E-state index in [9.17, 15) is 4.79 Å². The first kappa shape index (κ1) is 12.8. The third-order valence-corrected chi connectivity index (χ3v) is 3.76. The van der Waals surface area contributed by atoms with Crippen LogP contribution in [-0.4, -0.2) is 27.7 Å². The lowest BCUT2D eigenvalue weighted by Crippen LogP contribution is -2.24. The maximum atomic E-state index is 12.0. The molecule has 4 nitrogen and oxygen atoms in total. The smallest absolute Gasteiger partial charge is 0.227 e. The van der Waals surface area contributed by atoms with Crippen LogP contribution < -0.4 is 0 Å². The molecule has 0 aromatic carbocycles. The molecule has 1 fully saturated rings. The van der Waals surface area contributed by atoms with E-state index < -0.39 is 0 Å². The molecule has 5 heteroatoms. The van der Waals surface area contributed by atoms with E-state index in [0.717, 1.165) is 5.33 Å². The number of likely N-dealkylation sites (tertiary alicyclic amines) is 1. The first-order chi connectivity index (χ1) is 8.76. The molecular weight excluding hydrogens is 294 g/mol. The second kappa shape index (κ2) is 5.78. The summed E-state index contributed by atoms with van der Waals surface area (Å²) in [7, 11) is 0. The van der Waals surface area contributed by atoms with Gasteiger partial charge in [0.15, 0.2) is 0 Å². The number of alkyl halides is 1. The topological polar surface area (TPSA) is 57.0 Å². The highest BCUT2D eigenvalue weighted by molar-refractivity contribution is 9.09. The molecule has 0 aliphatic carbocycles. The minimum atomic E-state index is 0.0478. The predicted molar refractivity (Wildman–Crippen MR) is 71.4 cm³/mol. The number of hydrogen-bond donors (Lipinski definition) is 0. The van der Waals surface area contributed by atoms with Gasteiger partial charge in [-0.2, -0.15) is 5.26 Å². The molecule has 0 spiro atoms. The number of hydrogen-bond acceptors (Lipinski definition) is 3. The predicted octanol–water partition coefficient (Wildman–Crippen LogP) is 2.19. The average molecular weight is 306 g/mol. The first-order valence-electron chi connectivity index (χ1n) is 5.63. The van der Waals surface area contributed by atoms with Gasteiger partial charge in [-0.15, -0.1) is 0 Å². The molecule has 18 heavy (non-hydrogen) atoms. The Labute approximate surface area is 114 Å². The quantitative estimate of drug-likeness (QED) is 0.635. The van der Waals surface area contributed by atoms with Crippen molar-refractivity contribution < 1.29 is 4.79 Å². The molecular formula is C13H12BrN3O. The minimum absolute atomic E-state index is 0.0478. The van der Waals surface area contributed by atoms with Crippen LogP contribution in [0.5, 0.6) is 0 Å². The van der Waals surface area contributed by atoms with E-state index in [-0.39, 0.29) is 5.91 Å².